The van der Waals surface area contributed by atoms with E-state index in [-0.39, 0.29) is 0 Å². The minimum absolute atomic E-state index is 0.742. The van der Waals surface area contributed by atoms with E-state index in [1.807, 2.05) is 0 Å². The molecule has 1 unspecified atom stereocenters. The Morgan fingerprint density at radius 3 is 2.06 bits per heavy atom. The molecule has 0 spiro atoms. The molecule has 2 nitrogen and oxygen atoms in total. The second-order valence-electron chi connectivity index (χ2n) is 5.90. The summed E-state index contributed by atoms with van der Waals surface area (Å²) in [6.45, 7) is 14.3. The number of likely N-dealkylation sites (tertiary alicyclic amines) is 1. The van der Waals surface area contributed by atoms with Crippen LogP contribution in [0.25, 0.3) is 0 Å². The molecule has 0 radical (unpaired) electrons. The molecule has 1 N–H and O–H groups in total. The first kappa shape index (κ1) is 15.0. The van der Waals surface area contributed by atoms with Gasteiger partial charge in [0, 0.05) is 12.6 Å². The molecule has 102 valence electrons. The lowest BCUT2D eigenvalue weighted by atomic mass is 10.0. The average Bonchev–Trinajstić information content (AvgIpc) is 2.82. The molecule has 17 heavy (non-hydrogen) atoms. The summed E-state index contributed by atoms with van der Waals surface area (Å²) < 4.78 is 0. The third-order valence-corrected chi connectivity index (χ3v) is 4.32. The van der Waals surface area contributed by atoms with Crippen LogP contribution in [-0.2, 0) is 0 Å². The van der Waals surface area contributed by atoms with Crippen LogP contribution in [0, 0.1) is 11.8 Å². The van der Waals surface area contributed by atoms with Gasteiger partial charge in [-0.1, -0.05) is 40.5 Å². The van der Waals surface area contributed by atoms with Gasteiger partial charge < -0.3 is 5.32 Å². The van der Waals surface area contributed by atoms with Gasteiger partial charge in [0.1, 0.15) is 0 Å². The molecule has 1 aliphatic rings. The van der Waals surface area contributed by atoms with Gasteiger partial charge >= 0.3 is 0 Å². The van der Waals surface area contributed by atoms with Crippen molar-refractivity contribution in [1.82, 2.24) is 10.2 Å². The highest BCUT2D eigenvalue weighted by molar-refractivity contribution is 4.80. The van der Waals surface area contributed by atoms with Crippen molar-refractivity contribution in [1.29, 1.82) is 0 Å². The molecule has 0 aromatic heterocycles. The fourth-order valence-corrected chi connectivity index (χ4v) is 2.87. The summed E-state index contributed by atoms with van der Waals surface area (Å²) in [6.07, 6.45) is 5.41. The molecule has 1 fully saturated rings. The smallest absolute Gasteiger partial charge is 0.0243 e. The van der Waals surface area contributed by atoms with E-state index in [4.69, 9.17) is 0 Å². The molecule has 0 bridgehead atoms. The molecule has 1 saturated heterocycles. The normalized spacial score (nSPS) is 19.4. The molecule has 0 aromatic carbocycles. The monoisotopic (exact) mass is 240 g/mol. The van der Waals surface area contributed by atoms with Crippen molar-refractivity contribution in [3.8, 4) is 0 Å². The highest BCUT2D eigenvalue weighted by atomic mass is 15.2. The Labute approximate surface area is 108 Å². The molecule has 1 rings (SSSR count). The molecule has 0 amide bonds. The van der Waals surface area contributed by atoms with Gasteiger partial charge in [0.05, 0.1) is 0 Å². The third-order valence-electron chi connectivity index (χ3n) is 4.32. The molecule has 1 aliphatic heterocycles. The Morgan fingerprint density at radius 1 is 1.00 bits per heavy atom. The first-order valence-electron chi connectivity index (χ1n) is 7.63. The predicted octanol–water partition coefficient (Wildman–Crippen LogP) is 3.13. The highest BCUT2D eigenvalue weighted by Crippen LogP contribution is 2.17. The SMILES string of the molecule is CCC(CC)CNCC(C(C)C)N1CCCC1. The van der Waals surface area contributed by atoms with Crippen LogP contribution in [0.15, 0.2) is 0 Å². The van der Waals surface area contributed by atoms with Crippen LogP contribution < -0.4 is 5.32 Å². The van der Waals surface area contributed by atoms with Gasteiger partial charge in [0.15, 0.2) is 0 Å². The summed E-state index contributed by atoms with van der Waals surface area (Å²) in [5.74, 6) is 1.63. The van der Waals surface area contributed by atoms with E-state index in [1.165, 1.54) is 51.9 Å². The predicted molar refractivity (Wildman–Crippen MR) is 76.4 cm³/mol. The van der Waals surface area contributed by atoms with Crippen molar-refractivity contribution < 1.29 is 0 Å². The minimum Gasteiger partial charge on any atom is -0.315 e. The fourth-order valence-electron chi connectivity index (χ4n) is 2.87. The van der Waals surface area contributed by atoms with Gasteiger partial charge in [-0.05, 0) is 44.3 Å². The maximum atomic E-state index is 3.70. The van der Waals surface area contributed by atoms with Crippen LogP contribution in [0.1, 0.15) is 53.4 Å². The Hall–Kier alpha value is -0.0800. The summed E-state index contributed by atoms with van der Waals surface area (Å²) in [7, 11) is 0. The van der Waals surface area contributed by atoms with Crippen LogP contribution in [0.2, 0.25) is 0 Å². The van der Waals surface area contributed by atoms with E-state index in [1.54, 1.807) is 0 Å². The maximum Gasteiger partial charge on any atom is 0.0243 e. The summed E-state index contributed by atoms with van der Waals surface area (Å²) in [5.41, 5.74) is 0. The highest BCUT2D eigenvalue weighted by Gasteiger charge is 2.24. The van der Waals surface area contributed by atoms with E-state index in [2.05, 4.69) is 37.9 Å². The van der Waals surface area contributed by atoms with E-state index in [0.29, 0.717) is 0 Å². The van der Waals surface area contributed by atoms with Crippen LogP contribution in [0.5, 0.6) is 0 Å². The lowest BCUT2D eigenvalue weighted by Gasteiger charge is -2.31. The quantitative estimate of drug-likeness (QED) is 0.701. The zero-order valence-corrected chi connectivity index (χ0v) is 12.3. The van der Waals surface area contributed by atoms with Crippen molar-refractivity contribution in [2.75, 3.05) is 26.2 Å². The molecule has 1 heterocycles. The van der Waals surface area contributed by atoms with E-state index in [9.17, 15) is 0 Å². The Balaban J connectivity index is 2.29. The van der Waals surface area contributed by atoms with Gasteiger partial charge in [-0.3, -0.25) is 4.90 Å². The minimum atomic E-state index is 0.742. The summed E-state index contributed by atoms with van der Waals surface area (Å²) >= 11 is 0. The number of hydrogen-bond acceptors (Lipinski definition) is 2. The van der Waals surface area contributed by atoms with Gasteiger partial charge in [-0.25, -0.2) is 0 Å². The zero-order valence-electron chi connectivity index (χ0n) is 12.3. The van der Waals surface area contributed by atoms with E-state index in [0.717, 1.165) is 17.9 Å². The maximum absolute atomic E-state index is 3.70. The molecular formula is C15H32N2. The molecule has 0 aromatic rings. The first-order chi connectivity index (χ1) is 8.19. The fraction of sp³-hybridized carbons (Fsp3) is 1.00. The summed E-state index contributed by atoms with van der Waals surface area (Å²) in [6, 6.07) is 0.742. The van der Waals surface area contributed by atoms with Crippen molar-refractivity contribution in [2.24, 2.45) is 11.8 Å². The van der Waals surface area contributed by atoms with Gasteiger partial charge in [0.25, 0.3) is 0 Å². The van der Waals surface area contributed by atoms with Gasteiger partial charge in [0.2, 0.25) is 0 Å². The van der Waals surface area contributed by atoms with Crippen LogP contribution in [0.4, 0.5) is 0 Å². The Bertz CT molecular complexity index is 181. The second kappa shape index (κ2) is 8.10. The largest absolute Gasteiger partial charge is 0.315 e. The summed E-state index contributed by atoms with van der Waals surface area (Å²) in [5, 5.41) is 3.70. The summed E-state index contributed by atoms with van der Waals surface area (Å²) in [4.78, 5) is 2.69. The molecular weight excluding hydrogens is 208 g/mol. The lowest BCUT2D eigenvalue weighted by Crippen LogP contribution is -2.45. The molecule has 0 saturated carbocycles. The second-order valence-corrected chi connectivity index (χ2v) is 5.90. The number of rotatable bonds is 8. The van der Waals surface area contributed by atoms with Crippen molar-refractivity contribution in [3.63, 3.8) is 0 Å². The van der Waals surface area contributed by atoms with E-state index >= 15 is 0 Å². The van der Waals surface area contributed by atoms with Crippen LogP contribution in [-0.4, -0.2) is 37.1 Å². The Morgan fingerprint density at radius 2 is 1.59 bits per heavy atom. The van der Waals surface area contributed by atoms with E-state index < -0.39 is 0 Å². The van der Waals surface area contributed by atoms with Crippen molar-refractivity contribution in [3.05, 3.63) is 0 Å². The first-order valence-corrected chi connectivity index (χ1v) is 7.63. The molecule has 0 aliphatic carbocycles. The van der Waals surface area contributed by atoms with Gasteiger partial charge in [-0.2, -0.15) is 0 Å². The van der Waals surface area contributed by atoms with Crippen LogP contribution >= 0.6 is 0 Å². The number of nitrogens with one attached hydrogen (secondary N) is 1. The standard InChI is InChI=1S/C15H32N2/c1-5-14(6-2)11-16-12-15(13(3)4)17-9-7-8-10-17/h13-16H,5-12H2,1-4H3. The molecule has 1 atom stereocenters. The number of hydrogen-bond donors (Lipinski definition) is 1. The average molecular weight is 240 g/mol. The van der Waals surface area contributed by atoms with Crippen molar-refractivity contribution >= 4 is 0 Å². The third kappa shape index (κ3) is 4.97. The molecule has 2 heteroatoms. The lowest BCUT2D eigenvalue weighted by molar-refractivity contribution is 0.184. The Kier molecular flexibility index (Phi) is 7.14. The zero-order chi connectivity index (χ0) is 12.7. The van der Waals surface area contributed by atoms with Gasteiger partial charge in [-0.15, -0.1) is 0 Å². The van der Waals surface area contributed by atoms with Crippen LogP contribution in [0.3, 0.4) is 0 Å². The van der Waals surface area contributed by atoms with Crippen molar-refractivity contribution in [2.45, 2.75) is 59.4 Å². The number of nitrogens with zero attached hydrogens (tertiary/aromatic N) is 1. The topological polar surface area (TPSA) is 15.3 Å².